The highest BCUT2D eigenvalue weighted by Crippen LogP contribution is 2.36. The molecule has 1 aromatic heterocycles. The molecule has 17 heavy (non-hydrogen) atoms. The molecule has 0 aliphatic rings. The number of halogens is 2. The summed E-state index contributed by atoms with van der Waals surface area (Å²) in [5, 5.41) is 0.618. The standard InChI is InChI=1S/C12H12ClFN2S/c1-6(2)11-10(16-12(15)17-11)7-3-4-9(14)8(13)5-7/h3-6H,1-2H3,(H2,15,16). The van der Waals surface area contributed by atoms with Crippen molar-refractivity contribution in [3.05, 3.63) is 33.9 Å². The molecule has 1 aromatic carbocycles. The third-order valence-corrected chi connectivity index (χ3v) is 3.86. The Morgan fingerprint density at radius 3 is 2.71 bits per heavy atom. The number of nitrogens with zero attached hydrogens (tertiary/aromatic N) is 1. The lowest BCUT2D eigenvalue weighted by Crippen LogP contribution is -1.89. The van der Waals surface area contributed by atoms with E-state index < -0.39 is 5.82 Å². The molecule has 0 saturated carbocycles. The zero-order valence-corrected chi connectivity index (χ0v) is 11.1. The molecule has 0 spiro atoms. The normalized spacial score (nSPS) is 11.1. The van der Waals surface area contributed by atoms with Crippen LogP contribution in [0.2, 0.25) is 5.02 Å². The molecule has 2 nitrogen and oxygen atoms in total. The molecule has 1 heterocycles. The van der Waals surface area contributed by atoms with E-state index in [1.165, 1.54) is 17.4 Å². The van der Waals surface area contributed by atoms with Crippen LogP contribution in [0.3, 0.4) is 0 Å². The van der Waals surface area contributed by atoms with E-state index in [2.05, 4.69) is 18.8 Å². The Morgan fingerprint density at radius 1 is 1.41 bits per heavy atom. The molecule has 0 amide bonds. The topological polar surface area (TPSA) is 38.9 Å². The average Bonchev–Trinajstić information content (AvgIpc) is 2.64. The fraction of sp³-hybridized carbons (Fsp3) is 0.250. The number of anilines is 1. The lowest BCUT2D eigenvalue weighted by molar-refractivity contribution is 0.628. The molecule has 5 heteroatoms. The Balaban J connectivity index is 2.55. The fourth-order valence-corrected chi connectivity index (χ4v) is 2.63. The van der Waals surface area contributed by atoms with Gasteiger partial charge in [-0.2, -0.15) is 0 Å². The predicted molar refractivity (Wildman–Crippen MR) is 71.0 cm³/mol. The zero-order chi connectivity index (χ0) is 12.6. The van der Waals surface area contributed by atoms with Gasteiger partial charge in [-0.3, -0.25) is 0 Å². The van der Waals surface area contributed by atoms with Crippen LogP contribution < -0.4 is 5.73 Å². The molecule has 0 bridgehead atoms. The maximum absolute atomic E-state index is 13.1. The van der Waals surface area contributed by atoms with Crippen LogP contribution in [0, 0.1) is 5.82 Å². The number of aromatic nitrogens is 1. The summed E-state index contributed by atoms with van der Waals surface area (Å²) in [6, 6.07) is 4.59. The average molecular weight is 271 g/mol. The molecule has 2 N–H and O–H groups in total. The Hall–Kier alpha value is -1.13. The molecule has 0 aliphatic heterocycles. The number of nitrogens with two attached hydrogens (primary N) is 1. The highest BCUT2D eigenvalue weighted by Gasteiger charge is 2.15. The Morgan fingerprint density at radius 2 is 2.12 bits per heavy atom. The van der Waals surface area contributed by atoms with Crippen LogP contribution in [0.1, 0.15) is 24.6 Å². The highest BCUT2D eigenvalue weighted by atomic mass is 35.5. The van der Waals surface area contributed by atoms with Gasteiger partial charge in [-0.1, -0.05) is 25.4 Å². The molecule has 0 unspecified atom stereocenters. The van der Waals surface area contributed by atoms with Crippen molar-refractivity contribution in [1.82, 2.24) is 4.98 Å². The number of nitrogen functional groups attached to an aromatic ring is 1. The van der Waals surface area contributed by atoms with Gasteiger partial charge in [0.25, 0.3) is 0 Å². The summed E-state index contributed by atoms with van der Waals surface area (Å²) in [5.41, 5.74) is 7.32. The molecule has 0 saturated heterocycles. The minimum absolute atomic E-state index is 0.101. The summed E-state index contributed by atoms with van der Waals surface area (Å²) < 4.78 is 13.1. The maximum Gasteiger partial charge on any atom is 0.180 e. The second-order valence-corrected chi connectivity index (χ2v) is 5.52. The van der Waals surface area contributed by atoms with Crippen LogP contribution in [-0.4, -0.2) is 4.98 Å². The fourth-order valence-electron chi connectivity index (χ4n) is 1.59. The van der Waals surface area contributed by atoms with Gasteiger partial charge in [0.05, 0.1) is 10.7 Å². The van der Waals surface area contributed by atoms with E-state index in [0.29, 0.717) is 11.0 Å². The third-order valence-electron chi connectivity index (χ3n) is 2.39. The van der Waals surface area contributed by atoms with Gasteiger partial charge in [-0.05, 0) is 24.1 Å². The van der Waals surface area contributed by atoms with Gasteiger partial charge < -0.3 is 5.73 Å². The monoisotopic (exact) mass is 270 g/mol. The SMILES string of the molecule is CC(C)c1sc(N)nc1-c1ccc(F)c(Cl)c1. The summed E-state index contributed by atoms with van der Waals surface area (Å²) in [4.78, 5) is 5.38. The van der Waals surface area contributed by atoms with Gasteiger partial charge >= 0.3 is 0 Å². The van der Waals surface area contributed by atoms with E-state index in [9.17, 15) is 4.39 Å². The maximum atomic E-state index is 13.1. The summed E-state index contributed by atoms with van der Waals surface area (Å²) in [7, 11) is 0. The van der Waals surface area contributed by atoms with Crippen LogP contribution in [-0.2, 0) is 0 Å². The first-order valence-corrected chi connectivity index (χ1v) is 6.40. The van der Waals surface area contributed by atoms with Gasteiger partial charge in [0.2, 0.25) is 0 Å². The zero-order valence-electron chi connectivity index (χ0n) is 9.50. The number of rotatable bonds is 2. The lowest BCUT2D eigenvalue weighted by Gasteiger charge is -2.05. The molecular weight excluding hydrogens is 259 g/mol. The highest BCUT2D eigenvalue weighted by molar-refractivity contribution is 7.15. The number of benzene rings is 1. The van der Waals surface area contributed by atoms with Gasteiger partial charge in [-0.15, -0.1) is 11.3 Å². The lowest BCUT2D eigenvalue weighted by atomic mass is 10.1. The van der Waals surface area contributed by atoms with E-state index in [4.69, 9.17) is 17.3 Å². The molecule has 0 aliphatic carbocycles. The van der Waals surface area contributed by atoms with E-state index in [0.717, 1.165) is 16.1 Å². The Bertz CT molecular complexity index is 551. The summed E-state index contributed by atoms with van der Waals surface area (Å²) in [6.45, 7) is 4.14. The summed E-state index contributed by atoms with van der Waals surface area (Å²) in [6.07, 6.45) is 0. The first-order chi connectivity index (χ1) is 7.99. The Kier molecular flexibility index (Phi) is 3.35. The van der Waals surface area contributed by atoms with Crippen molar-refractivity contribution in [2.45, 2.75) is 19.8 Å². The van der Waals surface area contributed by atoms with Crippen LogP contribution in [0.25, 0.3) is 11.3 Å². The number of hydrogen-bond donors (Lipinski definition) is 1. The quantitative estimate of drug-likeness (QED) is 0.883. The van der Waals surface area contributed by atoms with Crippen LogP contribution in [0.15, 0.2) is 18.2 Å². The van der Waals surface area contributed by atoms with Gasteiger partial charge in [-0.25, -0.2) is 9.37 Å². The molecule has 90 valence electrons. The molecule has 2 aromatic rings. The van der Waals surface area contributed by atoms with Crippen molar-refractivity contribution in [1.29, 1.82) is 0 Å². The second kappa shape index (κ2) is 4.63. The predicted octanol–water partition coefficient (Wildman–Crippen LogP) is 4.31. The van der Waals surface area contributed by atoms with Crippen molar-refractivity contribution in [3.8, 4) is 11.3 Å². The van der Waals surface area contributed by atoms with Crippen molar-refractivity contribution in [2.75, 3.05) is 5.73 Å². The smallest absolute Gasteiger partial charge is 0.180 e. The van der Waals surface area contributed by atoms with Crippen molar-refractivity contribution in [2.24, 2.45) is 0 Å². The minimum atomic E-state index is -0.426. The van der Waals surface area contributed by atoms with Crippen molar-refractivity contribution >= 4 is 28.1 Å². The summed E-state index contributed by atoms with van der Waals surface area (Å²) in [5.74, 6) is -0.103. The van der Waals surface area contributed by atoms with Gasteiger partial charge in [0, 0.05) is 10.4 Å². The van der Waals surface area contributed by atoms with Crippen molar-refractivity contribution in [3.63, 3.8) is 0 Å². The van der Waals surface area contributed by atoms with E-state index in [-0.39, 0.29) is 5.02 Å². The number of thiazole rings is 1. The summed E-state index contributed by atoms with van der Waals surface area (Å²) >= 11 is 7.23. The minimum Gasteiger partial charge on any atom is -0.375 e. The molecule has 2 rings (SSSR count). The van der Waals surface area contributed by atoms with E-state index >= 15 is 0 Å². The van der Waals surface area contributed by atoms with Gasteiger partial charge in [0.15, 0.2) is 5.13 Å². The van der Waals surface area contributed by atoms with Crippen LogP contribution in [0.5, 0.6) is 0 Å². The Labute approximate surface area is 108 Å². The number of hydrogen-bond acceptors (Lipinski definition) is 3. The van der Waals surface area contributed by atoms with E-state index in [1.807, 2.05) is 0 Å². The van der Waals surface area contributed by atoms with Crippen molar-refractivity contribution < 1.29 is 4.39 Å². The molecule has 0 fully saturated rings. The second-order valence-electron chi connectivity index (χ2n) is 4.05. The molecular formula is C12H12ClFN2S. The van der Waals surface area contributed by atoms with Crippen LogP contribution in [0.4, 0.5) is 9.52 Å². The first-order valence-electron chi connectivity index (χ1n) is 5.20. The molecule has 0 atom stereocenters. The van der Waals surface area contributed by atoms with Crippen LogP contribution >= 0.6 is 22.9 Å². The third kappa shape index (κ3) is 2.42. The molecule has 0 radical (unpaired) electrons. The van der Waals surface area contributed by atoms with E-state index in [1.54, 1.807) is 12.1 Å². The van der Waals surface area contributed by atoms with Gasteiger partial charge in [0.1, 0.15) is 5.82 Å². The largest absolute Gasteiger partial charge is 0.375 e. The first kappa shape index (κ1) is 12.3.